The number of nitrogens with zero attached hydrogens (tertiary/aromatic N) is 3. The van der Waals surface area contributed by atoms with Crippen molar-refractivity contribution in [2.24, 2.45) is 10.7 Å². The molecule has 1 unspecified atom stereocenters. The van der Waals surface area contributed by atoms with E-state index in [1.807, 2.05) is 13.8 Å². The van der Waals surface area contributed by atoms with Gasteiger partial charge >= 0.3 is 6.03 Å². The topological polar surface area (TPSA) is 87.4 Å². The second kappa shape index (κ2) is 3.08. The first kappa shape index (κ1) is 9.70. The minimum atomic E-state index is -0.308. The molecule has 0 saturated carbocycles. The van der Waals surface area contributed by atoms with Crippen LogP contribution in [-0.4, -0.2) is 34.0 Å². The molecule has 0 radical (unpaired) electrons. The van der Waals surface area contributed by atoms with E-state index < -0.39 is 0 Å². The number of amidine groups is 1. The molecule has 0 bridgehead atoms. The van der Waals surface area contributed by atoms with Crippen LogP contribution < -0.4 is 5.73 Å². The molecule has 1 aliphatic heterocycles. The van der Waals surface area contributed by atoms with Gasteiger partial charge in [-0.3, -0.25) is 5.10 Å². The molecule has 0 saturated heterocycles. The van der Waals surface area contributed by atoms with Gasteiger partial charge in [-0.2, -0.15) is 10.1 Å². The van der Waals surface area contributed by atoms with Gasteiger partial charge in [0.1, 0.15) is 11.9 Å². The molecular weight excluding hydrogens is 194 g/mol. The summed E-state index contributed by atoms with van der Waals surface area (Å²) in [6.45, 7) is 3.78. The van der Waals surface area contributed by atoms with Gasteiger partial charge in [0.2, 0.25) is 0 Å². The molecule has 2 rings (SSSR count). The molecule has 0 fully saturated rings. The van der Waals surface area contributed by atoms with Gasteiger partial charge in [-0.1, -0.05) is 0 Å². The highest BCUT2D eigenvalue weighted by Crippen LogP contribution is 2.28. The summed E-state index contributed by atoms with van der Waals surface area (Å²) in [5.41, 5.74) is 8.43. The van der Waals surface area contributed by atoms with E-state index in [1.54, 1.807) is 7.05 Å². The molecule has 80 valence electrons. The maximum Gasteiger partial charge on any atom is 0.345 e. The van der Waals surface area contributed by atoms with Crippen molar-refractivity contribution in [2.45, 2.75) is 19.9 Å². The molecule has 15 heavy (non-hydrogen) atoms. The van der Waals surface area contributed by atoms with Gasteiger partial charge < -0.3 is 10.6 Å². The van der Waals surface area contributed by atoms with Crippen molar-refractivity contribution >= 4 is 11.9 Å². The highest BCUT2D eigenvalue weighted by molar-refractivity contribution is 6.03. The number of aliphatic imine (C=N–C) groups is 1. The van der Waals surface area contributed by atoms with Crippen LogP contribution in [0.5, 0.6) is 0 Å². The van der Waals surface area contributed by atoms with Gasteiger partial charge in [-0.05, 0) is 13.8 Å². The predicted molar refractivity (Wildman–Crippen MR) is 55.6 cm³/mol. The molecule has 1 aromatic heterocycles. The van der Waals surface area contributed by atoms with E-state index in [9.17, 15) is 4.79 Å². The zero-order chi connectivity index (χ0) is 11.2. The van der Waals surface area contributed by atoms with Crippen LogP contribution >= 0.6 is 0 Å². The third-order valence-electron chi connectivity index (χ3n) is 2.65. The Morgan fingerprint density at radius 2 is 2.13 bits per heavy atom. The highest BCUT2D eigenvalue weighted by atomic mass is 16.2. The lowest BCUT2D eigenvalue weighted by atomic mass is 10.0. The van der Waals surface area contributed by atoms with E-state index in [-0.39, 0.29) is 12.1 Å². The van der Waals surface area contributed by atoms with Gasteiger partial charge in [0.05, 0.1) is 5.69 Å². The fourth-order valence-electron chi connectivity index (χ4n) is 1.86. The van der Waals surface area contributed by atoms with E-state index in [2.05, 4.69) is 15.2 Å². The third-order valence-corrected chi connectivity index (χ3v) is 2.65. The zero-order valence-corrected chi connectivity index (χ0v) is 8.90. The van der Waals surface area contributed by atoms with Crippen molar-refractivity contribution in [1.82, 2.24) is 15.1 Å². The van der Waals surface area contributed by atoms with Crippen LogP contribution in [0.15, 0.2) is 4.99 Å². The lowest BCUT2D eigenvalue weighted by Gasteiger charge is -2.19. The lowest BCUT2D eigenvalue weighted by Crippen LogP contribution is -2.30. The largest absolute Gasteiger partial charge is 0.385 e. The predicted octanol–water partition coefficient (Wildman–Crippen LogP) is 0.490. The van der Waals surface area contributed by atoms with E-state index in [1.165, 1.54) is 4.90 Å². The number of rotatable bonds is 1. The minimum Gasteiger partial charge on any atom is -0.385 e. The van der Waals surface area contributed by atoms with Crippen LogP contribution in [0.1, 0.15) is 23.0 Å². The molecule has 3 N–H and O–H groups in total. The van der Waals surface area contributed by atoms with E-state index in [4.69, 9.17) is 5.73 Å². The Balaban J connectivity index is 2.49. The Kier molecular flexibility index (Phi) is 1.99. The minimum absolute atomic E-state index is 0.281. The van der Waals surface area contributed by atoms with Gasteiger partial charge in [-0.25, -0.2) is 4.79 Å². The SMILES string of the molecule is Cc1n[nH]c(C)c1C1C(N)=NC(=O)N1C. The monoisotopic (exact) mass is 207 g/mol. The number of nitrogens with one attached hydrogen (secondary N) is 1. The number of nitrogens with two attached hydrogens (primary N) is 1. The quantitative estimate of drug-likeness (QED) is 0.702. The van der Waals surface area contributed by atoms with E-state index in [0.29, 0.717) is 5.84 Å². The van der Waals surface area contributed by atoms with Crippen LogP contribution in [0.2, 0.25) is 0 Å². The van der Waals surface area contributed by atoms with Crippen LogP contribution in [0.25, 0.3) is 0 Å². The molecule has 0 spiro atoms. The summed E-state index contributed by atoms with van der Waals surface area (Å²) in [5.74, 6) is 0.329. The van der Waals surface area contributed by atoms with Crippen LogP contribution in [0.4, 0.5) is 4.79 Å². The Bertz CT molecular complexity index is 428. The number of H-pyrrole nitrogens is 1. The first-order valence-corrected chi connectivity index (χ1v) is 4.64. The van der Waals surface area contributed by atoms with Gasteiger partial charge in [0.15, 0.2) is 0 Å². The molecule has 6 nitrogen and oxygen atoms in total. The molecule has 6 heteroatoms. The van der Waals surface area contributed by atoms with Crippen molar-refractivity contribution in [3.8, 4) is 0 Å². The number of hydrogen-bond acceptors (Lipinski definition) is 3. The second-order valence-corrected chi connectivity index (χ2v) is 3.68. The molecule has 2 heterocycles. The Morgan fingerprint density at radius 3 is 2.53 bits per heavy atom. The first-order chi connectivity index (χ1) is 7.02. The number of aryl methyl sites for hydroxylation is 2. The molecule has 1 aromatic rings. The summed E-state index contributed by atoms with van der Waals surface area (Å²) in [6.07, 6.45) is 0. The fourth-order valence-corrected chi connectivity index (χ4v) is 1.86. The molecule has 0 aromatic carbocycles. The summed E-state index contributed by atoms with van der Waals surface area (Å²) in [4.78, 5) is 16.6. The van der Waals surface area contributed by atoms with E-state index in [0.717, 1.165) is 17.0 Å². The van der Waals surface area contributed by atoms with Gasteiger partial charge in [0.25, 0.3) is 0 Å². The van der Waals surface area contributed by atoms with Crippen LogP contribution in [0, 0.1) is 13.8 Å². The Hall–Kier alpha value is -1.85. The number of carbonyl (C=O) groups is 1. The van der Waals surface area contributed by atoms with Crippen molar-refractivity contribution in [3.05, 3.63) is 17.0 Å². The van der Waals surface area contributed by atoms with Crippen LogP contribution in [0.3, 0.4) is 0 Å². The van der Waals surface area contributed by atoms with Crippen molar-refractivity contribution in [3.63, 3.8) is 0 Å². The van der Waals surface area contributed by atoms with Crippen molar-refractivity contribution in [1.29, 1.82) is 0 Å². The molecule has 1 atom stereocenters. The average Bonchev–Trinajstić information content (AvgIpc) is 2.59. The third kappa shape index (κ3) is 1.29. The fraction of sp³-hybridized carbons (Fsp3) is 0.444. The second-order valence-electron chi connectivity index (χ2n) is 3.68. The highest BCUT2D eigenvalue weighted by Gasteiger charge is 2.34. The molecular formula is C9H13N5O. The molecule has 0 aliphatic carbocycles. The normalized spacial score (nSPS) is 21.0. The number of urea groups is 1. The summed E-state index contributed by atoms with van der Waals surface area (Å²) < 4.78 is 0. The summed E-state index contributed by atoms with van der Waals surface area (Å²) in [7, 11) is 1.68. The van der Waals surface area contributed by atoms with Gasteiger partial charge in [-0.15, -0.1) is 0 Å². The van der Waals surface area contributed by atoms with Crippen molar-refractivity contribution in [2.75, 3.05) is 7.05 Å². The van der Waals surface area contributed by atoms with Gasteiger partial charge in [0, 0.05) is 18.3 Å². The first-order valence-electron chi connectivity index (χ1n) is 4.64. The number of hydrogen-bond donors (Lipinski definition) is 2. The number of carbonyl (C=O) groups excluding carboxylic acids is 1. The zero-order valence-electron chi connectivity index (χ0n) is 8.90. The summed E-state index contributed by atoms with van der Waals surface area (Å²) in [6, 6.07) is -0.589. The number of aromatic amines is 1. The Morgan fingerprint density at radius 1 is 1.47 bits per heavy atom. The number of likely N-dealkylation sites (N-methyl/N-ethyl adjacent to an activating group) is 1. The average molecular weight is 207 g/mol. The van der Waals surface area contributed by atoms with Crippen LogP contribution in [-0.2, 0) is 0 Å². The summed E-state index contributed by atoms with van der Waals surface area (Å²) in [5, 5.41) is 6.95. The number of amides is 2. The smallest absolute Gasteiger partial charge is 0.345 e. The van der Waals surface area contributed by atoms with E-state index >= 15 is 0 Å². The Labute approximate surface area is 87.2 Å². The van der Waals surface area contributed by atoms with Crippen molar-refractivity contribution < 1.29 is 4.79 Å². The summed E-state index contributed by atoms with van der Waals surface area (Å²) >= 11 is 0. The standard InChI is InChI=1S/C9H13N5O/c1-4-6(5(2)13-12-4)7-8(10)11-9(15)14(7)3/h7H,1-3H3,(H,12,13)(H2,10,11,15). The molecule has 2 amide bonds. The lowest BCUT2D eigenvalue weighted by molar-refractivity contribution is 0.218. The number of aromatic nitrogens is 2. The maximum atomic E-state index is 11.3. The maximum absolute atomic E-state index is 11.3. The molecule has 1 aliphatic rings.